The van der Waals surface area contributed by atoms with Crippen LogP contribution in [0.2, 0.25) is 0 Å². The Balaban J connectivity index is 2.04. The number of hydrogen-bond acceptors (Lipinski definition) is 2. The highest BCUT2D eigenvalue weighted by molar-refractivity contribution is 5.86. The molecule has 0 N–H and O–H groups in total. The second kappa shape index (κ2) is 5.03. The van der Waals surface area contributed by atoms with Crippen molar-refractivity contribution in [1.29, 1.82) is 0 Å². The van der Waals surface area contributed by atoms with Crippen molar-refractivity contribution in [3.63, 3.8) is 0 Å². The first-order chi connectivity index (χ1) is 8.15. The molecule has 1 aliphatic carbocycles. The molecule has 0 aromatic carbocycles. The van der Waals surface area contributed by atoms with Gasteiger partial charge in [0, 0.05) is 24.4 Å². The Bertz CT molecular complexity index is 389. The summed E-state index contributed by atoms with van der Waals surface area (Å²) in [6.45, 7) is 5.22. The van der Waals surface area contributed by atoms with E-state index in [0.717, 1.165) is 31.6 Å². The van der Waals surface area contributed by atoms with Crippen LogP contribution in [0.4, 0.5) is 0 Å². The smallest absolute Gasteiger partial charge is 0.146 e. The highest BCUT2D eigenvalue weighted by atomic mass is 16.1. The van der Waals surface area contributed by atoms with Crippen molar-refractivity contribution < 1.29 is 4.79 Å². The summed E-state index contributed by atoms with van der Waals surface area (Å²) in [5.41, 5.74) is -0.0804. The fraction of sp³-hybridized carbons (Fsp3) is 0.714. The largest absolute Gasteiger partial charge is 0.335 e. The second-order valence-corrected chi connectivity index (χ2v) is 5.40. The summed E-state index contributed by atoms with van der Waals surface area (Å²) >= 11 is 0. The zero-order chi connectivity index (χ0) is 12.3. The number of carbonyl (C=O) groups excluding carboxylic acids is 1. The number of ketones is 1. The van der Waals surface area contributed by atoms with Crippen LogP contribution in [0.15, 0.2) is 12.4 Å². The van der Waals surface area contributed by atoms with Gasteiger partial charge in [0.1, 0.15) is 11.6 Å². The van der Waals surface area contributed by atoms with Crippen LogP contribution in [0.3, 0.4) is 0 Å². The van der Waals surface area contributed by atoms with Crippen molar-refractivity contribution in [1.82, 2.24) is 9.55 Å². The van der Waals surface area contributed by atoms with Crippen LogP contribution in [-0.2, 0) is 17.8 Å². The number of aryl methyl sites for hydroxylation is 1. The van der Waals surface area contributed by atoms with Gasteiger partial charge < -0.3 is 4.57 Å². The number of Topliss-reactive ketones (excluding diaryl/α,β-unsaturated/α-hetero) is 1. The molecule has 0 aliphatic heterocycles. The van der Waals surface area contributed by atoms with Gasteiger partial charge in [0.15, 0.2) is 0 Å². The van der Waals surface area contributed by atoms with Gasteiger partial charge in [-0.1, -0.05) is 26.7 Å². The lowest BCUT2D eigenvalue weighted by Gasteiger charge is -2.21. The standard InChI is InChI=1S/C14H22N2O/c1-3-9-16-10-8-15-13(16)11-12(17)14(2)6-4-5-7-14/h8,10H,3-7,9,11H2,1-2H3. The van der Waals surface area contributed by atoms with Crippen LogP contribution in [0.5, 0.6) is 0 Å². The van der Waals surface area contributed by atoms with Crippen molar-refractivity contribution in [3.05, 3.63) is 18.2 Å². The van der Waals surface area contributed by atoms with Gasteiger partial charge in [0.25, 0.3) is 0 Å². The summed E-state index contributed by atoms with van der Waals surface area (Å²) in [5.74, 6) is 1.31. The lowest BCUT2D eigenvalue weighted by molar-refractivity contribution is -0.127. The number of carbonyl (C=O) groups is 1. The van der Waals surface area contributed by atoms with Gasteiger partial charge in [-0.15, -0.1) is 0 Å². The molecule has 1 aromatic rings. The number of aromatic nitrogens is 2. The van der Waals surface area contributed by atoms with Crippen LogP contribution in [0.25, 0.3) is 0 Å². The maximum atomic E-state index is 12.3. The molecule has 1 aliphatic rings. The molecular formula is C14H22N2O. The Kier molecular flexibility index (Phi) is 3.65. The van der Waals surface area contributed by atoms with E-state index in [1.54, 1.807) is 6.20 Å². The Morgan fingerprint density at radius 1 is 1.47 bits per heavy atom. The molecule has 94 valence electrons. The zero-order valence-electron chi connectivity index (χ0n) is 10.9. The van der Waals surface area contributed by atoms with Gasteiger partial charge in [0.2, 0.25) is 0 Å². The third-order valence-electron chi connectivity index (χ3n) is 3.97. The van der Waals surface area contributed by atoms with E-state index in [9.17, 15) is 4.79 Å². The van der Waals surface area contributed by atoms with Crippen molar-refractivity contribution >= 4 is 5.78 Å². The third-order valence-corrected chi connectivity index (χ3v) is 3.97. The molecule has 0 amide bonds. The van der Waals surface area contributed by atoms with E-state index >= 15 is 0 Å². The number of rotatable bonds is 5. The van der Waals surface area contributed by atoms with E-state index in [0.29, 0.717) is 12.2 Å². The minimum Gasteiger partial charge on any atom is -0.335 e. The molecule has 3 heteroatoms. The lowest BCUT2D eigenvalue weighted by atomic mass is 9.82. The molecule has 1 fully saturated rings. The van der Waals surface area contributed by atoms with E-state index in [4.69, 9.17) is 0 Å². The average Bonchev–Trinajstić information content (AvgIpc) is 2.90. The highest BCUT2D eigenvalue weighted by Gasteiger charge is 2.36. The first-order valence-electron chi connectivity index (χ1n) is 6.69. The van der Waals surface area contributed by atoms with E-state index in [1.165, 1.54) is 12.8 Å². The molecule has 1 aromatic heterocycles. The quantitative estimate of drug-likeness (QED) is 0.785. The molecule has 0 atom stereocenters. The molecule has 2 rings (SSSR count). The van der Waals surface area contributed by atoms with Gasteiger partial charge in [-0.2, -0.15) is 0 Å². The fourth-order valence-electron chi connectivity index (χ4n) is 2.74. The molecule has 1 saturated carbocycles. The lowest BCUT2D eigenvalue weighted by Crippen LogP contribution is -2.27. The summed E-state index contributed by atoms with van der Waals surface area (Å²) in [7, 11) is 0. The van der Waals surface area contributed by atoms with Crippen molar-refractivity contribution in [2.75, 3.05) is 0 Å². The monoisotopic (exact) mass is 234 g/mol. The van der Waals surface area contributed by atoms with Crippen molar-refractivity contribution in [2.24, 2.45) is 5.41 Å². The predicted molar refractivity (Wildman–Crippen MR) is 67.8 cm³/mol. The van der Waals surface area contributed by atoms with Crippen LogP contribution < -0.4 is 0 Å². The topological polar surface area (TPSA) is 34.9 Å². The second-order valence-electron chi connectivity index (χ2n) is 5.40. The van der Waals surface area contributed by atoms with Gasteiger partial charge in [0.05, 0.1) is 6.42 Å². The Morgan fingerprint density at radius 2 is 2.18 bits per heavy atom. The van der Waals surface area contributed by atoms with Gasteiger partial charge in [-0.3, -0.25) is 4.79 Å². The highest BCUT2D eigenvalue weighted by Crippen LogP contribution is 2.38. The number of hydrogen-bond donors (Lipinski definition) is 0. The summed E-state index contributed by atoms with van der Waals surface area (Å²) in [6.07, 6.45) is 9.87. The normalized spacial score (nSPS) is 18.5. The first kappa shape index (κ1) is 12.3. The molecular weight excluding hydrogens is 212 g/mol. The van der Waals surface area contributed by atoms with E-state index in [2.05, 4.69) is 23.4 Å². The van der Waals surface area contributed by atoms with Crippen LogP contribution in [-0.4, -0.2) is 15.3 Å². The Hall–Kier alpha value is -1.12. The SMILES string of the molecule is CCCn1ccnc1CC(=O)C1(C)CCCC1. The average molecular weight is 234 g/mol. The molecule has 0 radical (unpaired) electrons. The van der Waals surface area contributed by atoms with Crippen LogP contribution in [0, 0.1) is 5.41 Å². The predicted octanol–water partition coefficient (Wildman–Crippen LogP) is 2.99. The summed E-state index contributed by atoms with van der Waals surface area (Å²) in [4.78, 5) is 16.7. The molecule has 0 bridgehead atoms. The minimum atomic E-state index is -0.0804. The summed E-state index contributed by atoms with van der Waals surface area (Å²) in [5, 5.41) is 0. The molecule has 1 heterocycles. The summed E-state index contributed by atoms with van der Waals surface area (Å²) in [6, 6.07) is 0. The first-order valence-corrected chi connectivity index (χ1v) is 6.69. The van der Waals surface area contributed by atoms with E-state index < -0.39 is 0 Å². The zero-order valence-corrected chi connectivity index (χ0v) is 10.9. The maximum absolute atomic E-state index is 12.3. The molecule has 0 spiro atoms. The molecule has 0 unspecified atom stereocenters. The fourth-order valence-corrected chi connectivity index (χ4v) is 2.74. The van der Waals surface area contributed by atoms with E-state index in [1.807, 2.05) is 6.20 Å². The van der Waals surface area contributed by atoms with Crippen LogP contribution >= 0.6 is 0 Å². The maximum Gasteiger partial charge on any atom is 0.146 e. The Labute approximate surface area is 103 Å². The molecule has 17 heavy (non-hydrogen) atoms. The Morgan fingerprint density at radius 3 is 2.82 bits per heavy atom. The van der Waals surface area contributed by atoms with Gasteiger partial charge >= 0.3 is 0 Å². The third kappa shape index (κ3) is 2.59. The molecule has 0 saturated heterocycles. The van der Waals surface area contributed by atoms with Crippen molar-refractivity contribution in [2.45, 2.75) is 58.9 Å². The number of nitrogens with zero attached hydrogens (tertiary/aromatic N) is 2. The summed E-state index contributed by atoms with van der Waals surface area (Å²) < 4.78 is 2.11. The number of imidazole rings is 1. The van der Waals surface area contributed by atoms with Crippen LogP contribution in [0.1, 0.15) is 51.8 Å². The van der Waals surface area contributed by atoms with Crippen molar-refractivity contribution in [3.8, 4) is 0 Å². The molecule has 3 nitrogen and oxygen atoms in total. The van der Waals surface area contributed by atoms with E-state index in [-0.39, 0.29) is 5.41 Å². The van der Waals surface area contributed by atoms with Gasteiger partial charge in [-0.05, 0) is 19.3 Å². The minimum absolute atomic E-state index is 0.0804. The van der Waals surface area contributed by atoms with Gasteiger partial charge in [-0.25, -0.2) is 4.98 Å².